The lowest BCUT2D eigenvalue weighted by atomic mass is 9.89. The van der Waals surface area contributed by atoms with Crippen LogP contribution >= 0.6 is 0 Å². The summed E-state index contributed by atoms with van der Waals surface area (Å²) in [4.78, 5) is 0.202. The van der Waals surface area contributed by atoms with Crippen LogP contribution in [0.3, 0.4) is 0 Å². The Morgan fingerprint density at radius 1 is 1.15 bits per heavy atom. The highest BCUT2D eigenvalue weighted by atomic mass is 32.2. The molecule has 5 nitrogen and oxygen atoms in total. The number of ether oxygens (including phenoxy) is 2. The summed E-state index contributed by atoms with van der Waals surface area (Å²) in [6.07, 6.45) is 3.12. The highest BCUT2D eigenvalue weighted by molar-refractivity contribution is 7.90. The summed E-state index contributed by atoms with van der Waals surface area (Å²) in [6.45, 7) is 1.86. The molecule has 1 aromatic rings. The van der Waals surface area contributed by atoms with Gasteiger partial charge >= 0.3 is 0 Å². The Morgan fingerprint density at radius 3 is 2.30 bits per heavy atom. The summed E-state index contributed by atoms with van der Waals surface area (Å²) in [5.41, 5.74) is 0.925. The van der Waals surface area contributed by atoms with Crippen LogP contribution in [0.1, 0.15) is 24.3 Å². The highest BCUT2D eigenvalue weighted by Crippen LogP contribution is 2.40. The third-order valence-electron chi connectivity index (χ3n) is 3.68. The highest BCUT2D eigenvalue weighted by Gasteiger charge is 2.25. The molecule has 112 valence electrons. The van der Waals surface area contributed by atoms with E-state index < -0.39 is 9.84 Å². The molecule has 0 unspecified atom stereocenters. The fourth-order valence-corrected chi connectivity index (χ4v) is 3.51. The Kier molecular flexibility index (Phi) is 4.55. The molecule has 1 heterocycles. The molecule has 0 bridgehead atoms. The summed E-state index contributed by atoms with van der Waals surface area (Å²) in [6, 6.07) is 3.42. The lowest BCUT2D eigenvalue weighted by Gasteiger charge is -2.26. The molecule has 0 atom stereocenters. The van der Waals surface area contributed by atoms with Crippen molar-refractivity contribution in [2.45, 2.75) is 23.7 Å². The minimum Gasteiger partial charge on any atom is -0.497 e. The molecule has 0 radical (unpaired) electrons. The summed E-state index contributed by atoms with van der Waals surface area (Å²) in [5, 5.41) is 3.31. The van der Waals surface area contributed by atoms with Gasteiger partial charge < -0.3 is 14.8 Å². The van der Waals surface area contributed by atoms with E-state index in [0.717, 1.165) is 31.5 Å². The van der Waals surface area contributed by atoms with Gasteiger partial charge in [0.05, 0.1) is 14.2 Å². The number of methoxy groups -OCH3 is 2. The smallest absolute Gasteiger partial charge is 0.179 e. The van der Waals surface area contributed by atoms with E-state index in [-0.39, 0.29) is 4.90 Å². The van der Waals surface area contributed by atoms with Crippen molar-refractivity contribution in [3.8, 4) is 11.5 Å². The van der Waals surface area contributed by atoms with Gasteiger partial charge in [0.15, 0.2) is 9.84 Å². The van der Waals surface area contributed by atoms with Crippen molar-refractivity contribution in [2.24, 2.45) is 0 Å². The second-order valence-corrected chi connectivity index (χ2v) is 7.03. The summed E-state index contributed by atoms with van der Waals surface area (Å²) < 4.78 is 34.6. The first kappa shape index (κ1) is 15.1. The van der Waals surface area contributed by atoms with Gasteiger partial charge in [-0.15, -0.1) is 0 Å². The van der Waals surface area contributed by atoms with Crippen LogP contribution in [0.25, 0.3) is 0 Å². The first-order chi connectivity index (χ1) is 9.47. The molecule has 2 rings (SSSR count). The van der Waals surface area contributed by atoms with E-state index in [1.54, 1.807) is 7.11 Å². The SMILES string of the molecule is COc1cc(C2CCNCC2)c(OC)c(S(C)(=O)=O)c1. The first-order valence-electron chi connectivity index (χ1n) is 6.64. The number of rotatable bonds is 4. The van der Waals surface area contributed by atoms with Crippen molar-refractivity contribution in [3.63, 3.8) is 0 Å². The Labute approximate surface area is 120 Å². The third kappa shape index (κ3) is 3.07. The minimum absolute atomic E-state index is 0.202. The molecule has 0 aromatic heterocycles. The number of benzene rings is 1. The molecule has 0 aliphatic carbocycles. The van der Waals surface area contributed by atoms with E-state index in [0.29, 0.717) is 17.4 Å². The molecule has 1 aromatic carbocycles. The molecule has 1 saturated heterocycles. The van der Waals surface area contributed by atoms with Gasteiger partial charge in [-0.05, 0) is 37.9 Å². The van der Waals surface area contributed by atoms with E-state index >= 15 is 0 Å². The van der Waals surface area contributed by atoms with Crippen molar-refractivity contribution in [1.29, 1.82) is 0 Å². The van der Waals surface area contributed by atoms with Crippen LogP contribution in [-0.4, -0.2) is 42.0 Å². The maximum Gasteiger partial charge on any atom is 0.179 e. The Balaban J connectivity index is 2.59. The largest absolute Gasteiger partial charge is 0.497 e. The summed E-state index contributed by atoms with van der Waals surface area (Å²) >= 11 is 0. The number of sulfone groups is 1. The lowest BCUT2D eigenvalue weighted by Crippen LogP contribution is -2.27. The zero-order valence-electron chi connectivity index (χ0n) is 12.1. The van der Waals surface area contributed by atoms with Crippen molar-refractivity contribution >= 4 is 9.84 Å². The molecule has 0 saturated carbocycles. The average Bonchev–Trinajstić information content (AvgIpc) is 2.45. The van der Waals surface area contributed by atoms with E-state index in [4.69, 9.17) is 9.47 Å². The van der Waals surface area contributed by atoms with E-state index in [9.17, 15) is 8.42 Å². The normalized spacial score (nSPS) is 16.9. The monoisotopic (exact) mass is 299 g/mol. The van der Waals surface area contributed by atoms with Crippen molar-refractivity contribution in [1.82, 2.24) is 5.32 Å². The van der Waals surface area contributed by atoms with Gasteiger partial charge in [0.1, 0.15) is 16.4 Å². The molecule has 0 spiro atoms. The number of piperidine rings is 1. The van der Waals surface area contributed by atoms with Crippen LogP contribution in [0.2, 0.25) is 0 Å². The van der Waals surface area contributed by atoms with Gasteiger partial charge in [-0.2, -0.15) is 0 Å². The van der Waals surface area contributed by atoms with Crippen LogP contribution in [0.5, 0.6) is 11.5 Å². The fraction of sp³-hybridized carbons (Fsp3) is 0.571. The standard InChI is InChI=1S/C14H21NO4S/c1-18-11-8-12(10-4-6-15-7-5-10)14(19-2)13(9-11)20(3,16)17/h8-10,15H,4-7H2,1-3H3. The molecule has 20 heavy (non-hydrogen) atoms. The van der Waals surface area contributed by atoms with Gasteiger partial charge in [-0.25, -0.2) is 8.42 Å². The molecule has 1 aliphatic rings. The Bertz CT molecular complexity index is 577. The zero-order chi connectivity index (χ0) is 14.8. The second kappa shape index (κ2) is 6.01. The maximum atomic E-state index is 12.0. The predicted molar refractivity (Wildman–Crippen MR) is 77.5 cm³/mol. The third-order valence-corrected chi connectivity index (χ3v) is 4.78. The van der Waals surface area contributed by atoms with Crippen molar-refractivity contribution in [3.05, 3.63) is 17.7 Å². The lowest BCUT2D eigenvalue weighted by molar-refractivity contribution is 0.373. The number of nitrogens with one attached hydrogen (secondary N) is 1. The topological polar surface area (TPSA) is 64.6 Å². The van der Waals surface area contributed by atoms with Gasteiger partial charge in [0, 0.05) is 17.9 Å². The van der Waals surface area contributed by atoms with Crippen molar-refractivity contribution in [2.75, 3.05) is 33.6 Å². The quantitative estimate of drug-likeness (QED) is 0.914. The Hall–Kier alpha value is -1.27. The van der Waals surface area contributed by atoms with Crippen LogP contribution in [0.4, 0.5) is 0 Å². The van der Waals surface area contributed by atoms with Crippen LogP contribution in [-0.2, 0) is 9.84 Å². The number of hydrogen-bond acceptors (Lipinski definition) is 5. The maximum absolute atomic E-state index is 12.0. The molecule has 1 aliphatic heterocycles. The van der Waals surface area contributed by atoms with E-state index in [1.807, 2.05) is 6.07 Å². The first-order valence-corrected chi connectivity index (χ1v) is 8.53. The van der Waals surface area contributed by atoms with Gasteiger partial charge in [-0.1, -0.05) is 0 Å². The Morgan fingerprint density at radius 2 is 1.80 bits per heavy atom. The average molecular weight is 299 g/mol. The molecule has 1 fully saturated rings. The fourth-order valence-electron chi connectivity index (χ4n) is 2.65. The zero-order valence-corrected chi connectivity index (χ0v) is 12.9. The molecule has 1 N–H and O–H groups in total. The minimum atomic E-state index is -3.36. The number of hydrogen-bond donors (Lipinski definition) is 1. The van der Waals surface area contributed by atoms with Crippen LogP contribution in [0, 0.1) is 0 Å². The van der Waals surface area contributed by atoms with Gasteiger partial charge in [0.25, 0.3) is 0 Å². The molecular weight excluding hydrogens is 278 g/mol. The van der Waals surface area contributed by atoms with E-state index in [2.05, 4.69) is 5.32 Å². The second-order valence-electron chi connectivity index (χ2n) is 5.04. The van der Waals surface area contributed by atoms with Crippen LogP contribution in [0.15, 0.2) is 17.0 Å². The summed E-state index contributed by atoms with van der Waals surface area (Å²) in [7, 11) is -0.303. The predicted octanol–water partition coefficient (Wildman–Crippen LogP) is 1.57. The molecular formula is C14H21NO4S. The van der Waals surface area contributed by atoms with Crippen LogP contribution < -0.4 is 14.8 Å². The molecule has 6 heteroatoms. The molecule has 0 amide bonds. The van der Waals surface area contributed by atoms with E-state index in [1.165, 1.54) is 19.4 Å². The van der Waals surface area contributed by atoms with Gasteiger partial charge in [-0.3, -0.25) is 0 Å². The van der Waals surface area contributed by atoms with Gasteiger partial charge in [0.2, 0.25) is 0 Å². The summed E-state index contributed by atoms with van der Waals surface area (Å²) in [5.74, 6) is 1.31. The van der Waals surface area contributed by atoms with Crippen molar-refractivity contribution < 1.29 is 17.9 Å².